The monoisotopic (exact) mass is 412 g/mol. The van der Waals surface area contributed by atoms with Crippen LogP contribution in [0.2, 0.25) is 18.1 Å². The van der Waals surface area contributed by atoms with Crippen molar-refractivity contribution in [2.45, 2.75) is 65.6 Å². The molecule has 0 aliphatic heterocycles. The summed E-state index contributed by atoms with van der Waals surface area (Å²) in [6.45, 7) is 14.2. The number of aryl methyl sites for hydroxylation is 2. The smallest absolute Gasteiger partial charge is 0.335 e. The lowest BCUT2D eigenvalue weighted by molar-refractivity contribution is 0.0696. The summed E-state index contributed by atoms with van der Waals surface area (Å²) in [5.41, 5.74) is 4.40. The highest BCUT2D eigenvalue weighted by Gasteiger charge is 2.41. The third-order valence-corrected chi connectivity index (χ3v) is 10.2. The Kier molecular flexibility index (Phi) is 6.73. The first-order valence-corrected chi connectivity index (χ1v) is 12.9. The standard InChI is InChI=1S/C24H32O4Si/c1-8-17-9-11-18(12-10-17)14-20-16(2)13-19(22(25)26)15-21(20)23(27)28-29(6,7)24(3,4)5/h9-13,15H,8,14H2,1-7H3,(H,25,26). The van der Waals surface area contributed by atoms with Gasteiger partial charge in [-0.15, -0.1) is 0 Å². The number of carbonyl (C=O) groups excluding carboxylic acids is 1. The molecule has 0 radical (unpaired) electrons. The molecule has 156 valence electrons. The molecular formula is C24H32O4Si. The molecule has 0 bridgehead atoms. The second kappa shape index (κ2) is 8.53. The Morgan fingerprint density at radius 1 is 1.03 bits per heavy atom. The maximum atomic E-state index is 13.2. The number of carboxylic acids is 1. The molecule has 29 heavy (non-hydrogen) atoms. The minimum atomic E-state index is -2.34. The van der Waals surface area contributed by atoms with Crippen molar-refractivity contribution in [1.29, 1.82) is 0 Å². The van der Waals surface area contributed by atoms with Gasteiger partial charge in [-0.1, -0.05) is 52.0 Å². The Bertz CT molecular complexity index is 906. The second-order valence-electron chi connectivity index (χ2n) is 9.12. The van der Waals surface area contributed by atoms with Crippen LogP contribution in [-0.2, 0) is 17.3 Å². The van der Waals surface area contributed by atoms with Gasteiger partial charge >= 0.3 is 11.9 Å². The predicted octanol–water partition coefficient (Wildman–Crippen LogP) is 6.01. The van der Waals surface area contributed by atoms with Crippen LogP contribution in [0, 0.1) is 6.92 Å². The van der Waals surface area contributed by atoms with Crippen LogP contribution in [0.5, 0.6) is 0 Å². The SMILES string of the molecule is CCc1ccc(Cc2c(C)cc(C(=O)O)cc2C(=O)O[Si](C)(C)C(C)(C)C)cc1. The zero-order chi connectivity index (χ0) is 22.0. The van der Waals surface area contributed by atoms with E-state index in [0.29, 0.717) is 12.0 Å². The third-order valence-electron chi connectivity index (χ3n) is 5.91. The van der Waals surface area contributed by atoms with Gasteiger partial charge in [0.2, 0.25) is 0 Å². The average molecular weight is 413 g/mol. The minimum absolute atomic E-state index is 0.106. The fourth-order valence-electron chi connectivity index (χ4n) is 2.89. The van der Waals surface area contributed by atoms with Crippen LogP contribution < -0.4 is 0 Å². The van der Waals surface area contributed by atoms with Crippen molar-refractivity contribution < 1.29 is 19.1 Å². The number of carbonyl (C=O) groups is 2. The van der Waals surface area contributed by atoms with Crippen LogP contribution in [0.1, 0.15) is 70.7 Å². The molecule has 2 aromatic rings. The van der Waals surface area contributed by atoms with Crippen molar-refractivity contribution in [2.24, 2.45) is 0 Å². The van der Waals surface area contributed by atoms with Gasteiger partial charge in [-0.25, -0.2) is 9.59 Å². The quantitative estimate of drug-likeness (QED) is 0.590. The lowest BCUT2D eigenvalue weighted by Gasteiger charge is -2.35. The molecule has 0 spiro atoms. The van der Waals surface area contributed by atoms with Gasteiger partial charge in [-0.2, -0.15) is 0 Å². The Morgan fingerprint density at radius 2 is 1.59 bits per heavy atom. The molecule has 1 N–H and O–H groups in total. The molecule has 0 aliphatic rings. The van der Waals surface area contributed by atoms with E-state index >= 15 is 0 Å². The van der Waals surface area contributed by atoms with E-state index in [0.717, 1.165) is 23.1 Å². The summed E-state index contributed by atoms with van der Waals surface area (Å²) in [6, 6.07) is 11.4. The highest BCUT2D eigenvalue weighted by Crippen LogP contribution is 2.37. The summed E-state index contributed by atoms with van der Waals surface area (Å²) in [5, 5.41) is 9.35. The molecule has 0 aliphatic carbocycles. The summed E-state index contributed by atoms with van der Waals surface area (Å²) in [5.74, 6) is -1.48. The average Bonchev–Trinajstić information content (AvgIpc) is 2.62. The molecule has 4 nitrogen and oxygen atoms in total. The second-order valence-corrected chi connectivity index (χ2v) is 13.8. The van der Waals surface area contributed by atoms with E-state index in [1.165, 1.54) is 11.6 Å². The van der Waals surface area contributed by atoms with E-state index in [1.807, 2.05) is 20.0 Å². The van der Waals surface area contributed by atoms with Crippen molar-refractivity contribution >= 4 is 20.3 Å². The van der Waals surface area contributed by atoms with E-state index in [-0.39, 0.29) is 10.6 Å². The van der Waals surface area contributed by atoms with Crippen molar-refractivity contribution in [3.05, 3.63) is 69.8 Å². The fourth-order valence-corrected chi connectivity index (χ4v) is 3.77. The van der Waals surface area contributed by atoms with Crippen molar-refractivity contribution in [2.75, 3.05) is 0 Å². The number of hydrogen-bond acceptors (Lipinski definition) is 3. The summed E-state index contributed by atoms with van der Waals surface area (Å²) in [6.07, 6.45) is 1.52. The molecular weight excluding hydrogens is 380 g/mol. The minimum Gasteiger partial charge on any atom is -0.516 e. The molecule has 0 unspecified atom stereocenters. The molecule has 5 heteroatoms. The molecule has 0 atom stereocenters. The first-order chi connectivity index (χ1) is 13.4. The van der Waals surface area contributed by atoms with Crippen molar-refractivity contribution in [1.82, 2.24) is 0 Å². The normalized spacial score (nSPS) is 12.0. The molecule has 0 amide bonds. The maximum Gasteiger partial charge on any atom is 0.335 e. The van der Waals surface area contributed by atoms with Crippen LogP contribution in [0.4, 0.5) is 0 Å². The molecule has 2 rings (SSSR count). The molecule has 0 saturated carbocycles. The number of aromatic carboxylic acids is 1. The van der Waals surface area contributed by atoms with Crippen molar-refractivity contribution in [3.63, 3.8) is 0 Å². The lowest BCUT2D eigenvalue weighted by Crippen LogP contribution is -2.42. The van der Waals surface area contributed by atoms with Crippen molar-refractivity contribution in [3.8, 4) is 0 Å². The Balaban J connectivity index is 2.49. The summed E-state index contributed by atoms with van der Waals surface area (Å²) < 4.78 is 6.00. The van der Waals surface area contributed by atoms with Crippen LogP contribution >= 0.6 is 0 Å². The van der Waals surface area contributed by atoms with Gasteiger partial charge in [0, 0.05) is 0 Å². The first kappa shape index (κ1) is 22.9. The van der Waals surface area contributed by atoms with E-state index in [4.69, 9.17) is 4.43 Å². The summed E-state index contributed by atoms with van der Waals surface area (Å²) in [7, 11) is -2.34. The van der Waals surface area contributed by atoms with Gasteiger partial charge in [0.25, 0.3) is 8.32 Å². The van der Waals surface area contributed by atoms with E-state index < -0.39 is 20.3 Å². The van der Waals surface area contributed by atoms with Gasteiger partial charge in [0.1, 0.15) is 0 Å². The first-order valence-electron chi connectivity index (χ1n) is 10.0. The highest BCUT2D eigenvalue weighted by atomic mass is 28.4. The van der Waals surface area contributed by atoms with Crippen LogP contribution in [0.15, 0.2) is 36.4 Å². The largest absolute Gasteiger partial charge is 0.516 e. The molecule has 0 heterocycles. The van der Waals surface area contributed by atoms with Crippen LogP contribution in [-0.4, -0.2) is 25.4 Å². The summed E-state index contributed by atoms with van der Waals surface area (Å²) >= 11 is 0. The molecule has 0 fully saturated rings. The third kappa shape index (κ3) is 5.35. The van der Waals surface area contributed by atoms with Gasteiger partial charge in [0.05, 0.1) is 11.1 Å². The topological polar surface area (TPSA) is 63.6 Å². The highest BCUT2D eigenvalue weighted by molar-refractivity contribution is 6.75. The van der Waals surface area contributed by atoms with Crippen LogP contribution in [0.25, 0.3) is 0 Å². The van der Waals surface area contributed by atoms with Gasteiger partial charge in [-0.05, 0) is 72.3 Å². The van der Waals surface area contributed by atoms with Gasteiger partial charge < -0.3 is 9.53 Å². The van der Waals surface area contributed by atoms with Crippen LogP contribution in [0.3, 0.4) is 0 Å². The van der Waals surface area contributed by atoms with Gasteiger partial charge in [-0.3, -0.25) is 0 Å². The number of benzene rings is 2. The number of carboxylic acid groups (broad SMARTS) is 1. The zero-order valence-corrected chi connectivity index (χ0v) is 19.6. The van der Waals surface area contributed by atoms with Gasteiger partial charge in [0.15, 0.2) is 0 Å². The van der Waals surface area contributed by atoms with E-state index in [1.54, 1.807) is 6.07 Å². The fraction of sp³-hybridized carbons (Fsp3) is 0.417. The Hall–Kier alpha value is -2.40. The molecule has 2 aromatic carbocycles. The van der Waals surface area contributed by atoms with E-state index in [9.17, 15) is 14.7 Å². The summed E-state index contributed by atoms with van der Waals surface area (Å²) in [4.78, 5) is 24.7. The lowest BCUT2D eigenvalue weighted by atomic mass is 9.93. The maximum absolute atomic E-state index is 13.2. The Morgan fingerprint density at radius 3 is 2.07 bits per heavy atom. The van der Waals surface area contributed by atoms with E-state index in [2.05, 4.69) is 52.0 Å². The predicted molar refractivity (Wildman–Crippen MR) is 119 cm³/mol. The molecule has 0 aromatic heterocycles. The molecule has 0 saturated heterocycles. The Labute approximate surface area is 175 Å². The number of hydrogen-bond donors (Lipinski definition) is 1. The number of rotatable bonds is 6. The zero-order valence-electron chi connectivity index (χ0n) is 18.6.